The third kappa shape index (κ3) is 3.57. The van der Waals surface area contributed by atoms with E-state index in [9.17, 15) is 0 Å². The second kappa shape index (κ2) is 5.61. The van der Waals surface area contributed by atoms with E-state index in [-0.39, 0.29) is 0 Å². The number of benzene rings is 1. The van der Waals surface area contributed by atoms with Crippen LogP contribution >= 0.6 is 15.9 Å². The van der Waals surface area contributed by atoms with Crippen LogP contribution in [0.1, 0.15) is 5.56 Å². The zero-order valence-electron chi connectivity index (χ0n) is 8.58. The first-order valence-electron chi connectivity index (χ1n) is 5.15. The summed E-state index contributed by atoms with van der Waals surface area (Å²) in [5.41, 5.74) is 4.69. The third-order valence-corrected chi connectivity index (χ3v) is 2.96. The van der Waals surface area contributed by atoms with Gasteiger partial charge in [0.05, 0.1) is 13.2 Å². The van der Waals surface area contributed by atoms with Crippen molar-refractivity contribution < 1.29 is 4.74 Å². The molecule has 0 spiro atoms. The highest BCUT2D eigenvalue weighted by atomic mass is 79.9. The maximum Gasteiger partial charge on any atom is 0.0608 e. The minimum Gasteiger partial charge on any atom is -0.379 e. The number of ether oxygens (including phenoxy) is 1. The highest BCUT2D eigenvalue weighted by Crippen LogP contribution is 2.10. The molecule has 0 aliphatic carbocycles. The molecule has 1 saturated heterocycles. The Balaban J connectivity index is 1.79. The van der Waals surface area contributed by atoms with Crippen LogP contribution in [0.2, 0.25) is 0 Å². The van der Waals surface area contributed by atoms with Crippen molar-refractivity contribution >= 4 is 15.9 Å². The Hall–Kier alpha value is -0.420. The van der Waals surface area contributed by atoms with E-state index in [1.54, 1.807) is 0 Å². The van der Waals surface area contributed by atoms with Gasteiger partial charge in [-0.15, -0.1) is 0 Å². The molecule has 0 aromatic heterocycles. The molecule has 15 heavy (non-hydrogen) atoms. The van der Waals surface area contributed by atoms with Crippen molar-refractivity contribution in [2.75, 3.05) is 26.3 Å². The standard InChI is InChI=1S/C11H15BrN2O/c12-11-3-1-10(2-4-11)9-13-14-5-7-15-8-6-14/h1-4,13H,5-9H2. The molecular weight excluding hydrogens is 256 g/mol. The Morgan fingerprint density at radius 3 is 2.53 bits per heavy atom. The van der Waals surface area contributed by atoms with Crippen molar-refractivity contribution in [3.8, 4) is 0 Å². The van der Waals surface area contributed by atoms with Crippen molar-refractivity contribution in [2.24, 2.45) is 0 Å². The monoisotopic (exact) mass is 270 g/mol. The predicted octanol–water partition coefficient (Wildman–Crippen LogP) is 1.79. The summed E-state index contributed by atoms with van der Waals surface area (Å²) in [4.78, 5) is 0. The number of nitrogens with zero attached hydrogens (tertiary/aromatic N) is 1. The molecule has 0 bridgehead atoms. The number of hydrogen-bond acceptors (Lipinski definition) is 3. The Morgan fingerprint density at radius 1 is 1.20 bits per heavy atom. The highest BCUT2D eigenvalue weighted by Gasteiger charge is 2.08. The Morgan fingerprint density at radius 2 is 1.87 bits per heavy atom. The summed E-state index contributed by atoms with van der Waals surface area (Å²) in [7, 11) is 0. The van der Waals surface area contributed by atoms with Crippen molar-refractivity contribution in [3.05, 3.63) is 34.3 Å². The van der Waals surface area contributed by atoms with Crippen LogP contribution in [-0.4, -0.2) is 31.3 Å². The molecule has 0 amide bonds. The molecule has 3 nitrogen and oxygen atoms in total. The fourth-order valence-electron chi connectivity index (χ4n) is 1.53. The van der Waals surface area contributed by atoms with Crippen LogP contribution < -0.4 is 5.43 Å². The van der Waals surface area contributed by atoms with Gasteiger partial charge in [-0.05, 0) is 17.7 Å². The van der Waals surface area contributed by atoms with Gasteiger partial charge < -0.3 is 4.74 Å². The van der Waals surface area contributed by atoms with Gasteiger partial charge in [-0.1, -0.05) is 28.1 Å². The van der Waals surface area contributed by atoms with Gasteiger partial charge in [-0.3, -0.25) is 5.43 Å². The molecule has 4 heteroatoms. The van der Waals surface area contributed by atoms with E-state index in [4.69, 9.17) is 4.74 Å². The smallest absolute Gasteiger partial charge is 0.0608 e. The second-order valence-corrected chi connectivity index (χ2v) is 4.48. The molecule has 1 fully saturated rings. The normalized spacial score (nSPS) is 17.9. The van der Waals surface area contributed by atoms with Gasteiger partial charge in [0.15, 0.2) is 0 Å². The summed E-state index contributed by atoms with van der Waals surface area (Å²) < 4.78 is 6.40. The van der Waals surface area contributed by atoms with Gasteiger partial charge in [0, 0.05) is 24.1 Å². The number of hydrazine groups is 1. The number of morpholine rings is 1. The SMILES string of the molecule is Brc1ccc(CNN2CCOCC2)cc1. The summed E-state index contributed by atoms with van der Waals surface area (Å²) in [5, 5.41) is 2.21. The zero-order valence-corrected chi connectivity index (χ0v) is 10.2. The van der Waals surface area contributed by atoms with Crippen LogP contribution in [0.4, 0.5) is 0 Å². The fraction of sp³-hybridized carbons (Fsp3) is 0.455. The number of halogens is 1. The van der Waals surface area contributed by atoms with Crippen LogP contribution in [0.15, 0.2) is 28.7 Å². The molecule has 0 unspecified atom stereocenters. The lowest BCUT2D eigenvalue weighted by atomic mass is 10.2. The van der Waals surface area contributed by atoms with E-state index in [2.05, 4.69) is 50.6 Å². The molecule has 1 aromatic rings. The first-order valence-corrected chi connectivity index (χ1v) is 5.94. The lowest BCUT2D eigenvalue weighted by molar-refractivity contribution is 0.0106. The first-order chi connectivity index (χ1) is 7.34. The minimum atomic E-state index is 0.827. The Bertz CT molecular complexity index is 296. The predicted molar refractivity (Wildman–Crippen MR) is 63.4 cm³/mol. The van der Waals surface area contributed by atoms with Gasteiger partial charge in [-0.25, -0.2) is 5.01 Å². The van der Waals surface area contributed by atoms with E-state index in [0.29, 0.717) is 0 Å². The van der Waals surface area contributed by atoms with E-state index < -0.39 is 0 Å². The average Bonchev–Trinajstić information content (AvgIpc) is 2.30. The lowest BCUT2D eigenvalue weighted by Gasteiger charge is -2.27. The van der Waals surface area contributed by atoms with Crippen molar-refractivity contribution in [1.82, 2.24) is 10.4 Å². The number of nitrogens with one attached hydrogen (secondary N) is 1. The van der Waals surface area contributed by atoms with Crippen LogP contribution in [-0.2, 0) is 11.3 Å². The van der Waals surface area contributed by atoms with E-state index in [1.807, 2.05) is 0 Å². The second-order valence-electron chi connectivity index (χ2n) is 3.56. The molecule has 1 N–H and O–H groups in total. The maximum absolute atomic E-state index is 5.28. The average molecular weight is 271 g/mol. The molecular formula is C11H15BrN2O. The Kier molecular flexibility index (Phi) is 4.14. The number of rotatable bonds is 3. The molecule has 1 aromatic carbocycles. The Labute approximate surface area is 98.5 Å². The molecule has 1 aliphatic heterocycles. The van der Waals surface area contributed by atoms with E-state index in [1.165, 1.54) is 5.56 Å². The van der Waals surface area contributed by atoms with Gasteiger partial charge in [0.2, 0.25) is 0 Å². The van der Waals surface area contributed by atoms with Gasteiger partial charge in [-0.2, -0.15) is 0 Å². The number of hydrogen-bond donors (Lipinski definition) is 1. The molecule has 0 saturated carbocycles. The molecule has 0 radical (unpaired) electrons. The molecule has 1 aliphatic rings. The van der Waals surface area contributed by atoms with Crippen molar-refractivity contribution in [1.29, 1.82) is 0 Å². The fourth-order valence-corrected chi connectivity index (χ4v) is 1.79. The van der Waals surface area contributed by atoms with Crippen LogP contribution in [0.25, 0.3) is 0 Å². The van der Waals surface area contributed by atoms with Crippen molar-refractivity contribution in [2.45, 2.75) is 6.54 Å². The van der Waals surface area contributed by atoms with Gasteiger partial charge >= 0.3 is 0 Å². The summed E-state index contributed by atoms with van der Waals surface area (Å²) in [6, 6.07) is 8.38. The van der Waals surface area contributed by atoms with E-state index >= 15 is 0 Å². The quantitative estimate of drug-likeness (QED) is 0.907. The summed E-state index contributed by atoms with van der Waals surface area (Å²) in [6.07, 6.45) is 0. The molecule has 1 heterocycles. The van der Waals surface area contributed by atoms with Crippen LogP contribution in [0, 0.1) is 0 Å². The summed E-state index contributed by atoms with van der Waals surface area (Å²) in [6.45, 7) is 4.47. The van der Waals surface area contributed by atoms with Crippen molar-refractivity contribution in [3.63, 3.8) is 0 Å². The third-order valence-electron chi connectivity index (χ3n) is 2.43. The van der Waals surface area contributed by atoms with Crippen LogP contribution in [0.3, 0.4) is 0 Å². The molecule has 82 valence electrons. The van der Waals surface area contributed by atoms with Crippen LogP contribution in [0.5, 0.6) is 0 Å². The largest absolute Gasteiger partial charge is 0.379 e. The lowest BCUT2D eigenvalue weighted by Crippen LogP contribution is -2.45. The topological polar surface area (TPSA) is 24.5 Å². The van der Waals surface area contributed by atoms with E-state index in [0.717, 1.165) is 37.3 Å². The first kappa shape index (κ1) is 11.1. The summed E-state index contributed by atoms with van der Waals surface area (Å²) in [5.74, 6) is 0. The molecule has 2 rings (SSSR count). The van der Waals surface area contributed by atoms with Gasteiger partial charge in [0.25, 0.3) is 0 Å². The maximum atomic E-state index is 5.28. The molecule has 0 atom stereocenters. The summed E-state index contributed by atoms with van der Waals surface area (Å²) >= 11 is 3.43. The highest BCUT2D eigenvalue weighted by molar-refractivity contribution is 9.10. The van der Waals surface area contributed by atoms with Gasteiger partial charge in [0.1, 0.15) is 0 Å². The minimum absolute atomic E-state index is 0.827. The zero-order chi connectivity index (χ0) is 10.5.